The monoisotopic (exact) mass is 410 g/mol. The van der Waals surface area contributed by atoms with Gasteiger partial charge in [-0.1, -0.05) is 32.9 Å². The van der Waals surface area contributed by atoms with Crippen molar-refractivity contribution in [1.29, 1.82) is 0 Å². The van der Waals surface area contributed by atoms with E-state index < -0.39 is 4.92 Å². The molecule has 2 aromatic rings. The Balaban J connectivity index is 1.76. The van der Waals surface area contributed by atoms with Gasteiger partial charge in [0.2, 0.25) is 0 Å². The van der Waals surface area contributed by atoms with Gasteiger partial charge in [0.25, 0.3) is 11.6 Å². The van der Waals surface area contributed by atoms with Crippen LogP contribution in [0.5, 0.6) is 0 Å². The van der Waals surface area contributed by atoms with E-state index in [2.05, 4.69) is 36.2 Å². The van der Waals surface area contributed by atoms with Gasteiger partial charge in [-0.2, -0.15) is 5.10 Å². The summed E-state index contributed by atoms with van der Waals surface area (Å²) < 4.78 is 5.37. The molecule has 30 heavy (non-hydrogen) atoms. The molecule has 0 atom stereocenters. The van der Waals surface area contributed by atoms with Crippen LogP contribution in [0.2, 0.25) is 0 Å². The number of rotatable bonds is 5. The number of benzene rings is 2. The second kappa shape index (κ2) is 9.04. The van der Waals surface area contributed by atoms with Crippen molar-refractivity contribution in [3.63, 3.8) is 0 Å². The number of nitro groups is 1. The van der Waals surface area contributed by atoms with Crippen LogP contribution in [0.3, 0.4) is 0 Å². The van der Waals surface area contributed by atoms with Crippen LogP contribution in [0.25, 0.3) is 0 Å². The van der Waals surface area contributed by atoms with E-state index in [9.17, 15) is 14.9 Å². The Bertz CT molecular complexity index is 943. The van der Waals surface area contributed by atoms with Gasteiger partial charge in [-0.15, -0.1) is 0 Å². The fourth-order valence-corrected chi connectivity index (χ4v) is 3.20. The average molecular weight is 410 g/mol. The fourth-order valence-electron chi connectivity index (χ4n) is 3.20. The minimum Gasteiger partial charge on any atom is -0.378 e. The zero-order valence-electron chi connectivity index (χ0n) is 17.4. The number of nitrogens with zero attached hydrogens (tertiary/aromatic N) is 3. The molecule has 1 aliphatic rings. The van der Waals surface area contributed by atoms with E-state index >= 15 is 0 Å². The molecule has 0 radical (unpaired) electrons. The standard InChI is InChI=1S/C22H26N4O4/c1-22(2,3)18-6-4-16(5-7-18)21(27)24-23-15-17-14-19(26(28)29)8-9-20(17)25-10-12-30-13-11-25/h4-9,14-15H,10-13H2,1-3H3,(H,24,27)/b23-15-. The largest absolute Gasteiger partial charge is 0.378 e. The summed E-state index contributed by atoms with van der Waals surface area (Å²) in [6.07, 6.45) is 1.44. The van der Waals surface area contributed by atoms with Crippen molar-refractivity contribution in [2.75, 3.05) is 31.2 Å². The summed E-state index contributed by atoms with van der Waals surface area (Å²) in [6, 6.07) is 12.0. The molecule has 0 unspecified atom stereocenters. The van der Waals surface area contributed by atoms with E-state index in [-0.39, 0.29) is 17.0 Å². The van der Waals surface area contributed by atoms with E-state index in [0.717, 1.165) is 11.3 Å². The highest BCUT2D eigenvalue weighted by molar-refractivity contribution is 5.95. The van der Waals surface area contributed by atoms with E-state index in [1.807, 2.05) is 12.1 Å². The second-order valence-electron chi connectivity index (χ2n) is 8.13. The summed E-state index contributed by atoms with van der Waals surface area (Å²) in [5.41, 5.74) is 5.48. The van der Waals surface area contributed by atoms with E-state index in [0.29, 0.717) is 37.4 Å². The number of carbonyl (C=O) groups is 1. The fraction of sp³-hybridized carbons (Fsp3) is 0.364. The summed E-state index contributed by atoms with van der Waals surface area (Å²) in [6.45, 7) is 8.88. The van der Waals surface area contributed by atoms with Gasteiger partial charge in [0.15, 0.2) is 0 Å². The van der Waals surface area contributed by atoms with Gasteiger partial charge >= 0.3 is 0 Å². The van der Waals surface area contributed by atoms with Gasteiger partial charge in [0.1, 0.15) is 0 Å². The normalized spacial score (nSPS) is 14.7. The molecule has 1 amide bonds. The highest BCUT2D eigenvalue weighted by atomic mass is 16.6. The summed E-state index contributed by atoms with van der Waals surface area (Å²) >= 11 is 0. The van der Waals surface area contributed by atoms with Crippen LogP contribution in [0, 0.1) is 10.1 Å². The number of morpholine rings is 1. The third-order valence-electron chi connectivity index (χ3n) is 4.96. The minimum absolute atomic E-state index is 0.00504. The molecule has 0 spiro atoms. The predicted molar refractivity (Wildman–Crippen MR) is 116 cm³/mol. The lowest BCUT2D eigenvalue weighted by Crippen LogP contribution is -2.36. The Kier molecular flexibility index (Phi) is 6.47. The van der Waals surface area contributed by atoms with E-state index in [1.54, 1.807) is 18.2 Å². The van der Waals surface area contributed by atoms with Crippen molar-refractivity contribution in [3.05, 3.63) is 69.3 Å². The molecule has 0 saturated carbocycles. The van der Waals surface area contributed by atoms with Gasteiger partial charge in [0, 0.05) is 42.0 Å². The van der Waals surface area contributed by atoms with Gasteiger partial charge in [-0.3, -0.25) is 14.9 Å². The highest BCUT2D eigenvalue weighted by Crippen LogP contribution is 2.25. The van der Waals surface area contributed by atoms with Crippen LogP contribution in [0.15, 0.2) is 47.6 Å². The number of amides is 1. The molecule has 1 fully saturated rings. The van der Waals surface area contributed by atoms with Crippen LogP contribution in [0.1, 0.15) is 42.3 Å². The number of anilines is 1. The Labute approximate surface area is 175 Å². The molecule has 0 aliphatic carbocycles. The molecule has 1 saturated heterocycles. The summed E-state index contributed by atoms with van der Waals surface area (Å²) in [5.74, 6) is -0.343. The Morgan fingerprint density at radius 3 is 2.43 bits per heavy atom. The Hall–Kier alpha value is -3.26. The van der Waals surface area contributed by atoms with Crippen LogP contribution in [-0.4, -0.2) is 43.3 Å². The van der Waals surface area contributed by atoms with Gasteiger partial charge in [-0.05, 0) is 29.2 Å². The molecule has 2 aromatic carbocycles. The summed E-state index contributed by atoms with van der Waals surface area (Å²) in [5, 5.41) is 15.2. The van der Waals surface area contributed by atoms with Crippen molar-refractivity contribution < 1.29 is 14.5 Å². The number of carbonyl (C=O) groups excluding carboxylic acids is 1. The smallest absolute Gasteiger partial charge is 0.271 e. The Morgan fingerprint density at radius 1 is 1.17 bits per heavy atom. The highest BCUT2D eigenvalue weighted by Gasteiger charge is 2.17. The average Bonchev–Trinajstić information content (AvgIpc) is 2.73. The first-order chi connectivity index (χ1) is 14.3. The molecule has 8 heteroatoms. The van der Waals surface area contributed by atoms with Crippen LogP contribution in [-0.2, 0) is 10.2 Å². The molecule has 8 nitrogen and oxygen atoms in total. The SMILES string of the molecule is CC(C)(C)c1ccc(C(=O)N/N=C\c2cc([N+](=O)[O-])ccc2N2CCOCC2)cc1. The van der Waals surface area contributed by atoms with Crippen molar-refractivity contribution in [2.24, 2.45) is 5.10 Å². The molecule has 0 aromatic heterocycles. The number of nitro benzene ring substituents is 1. The third-order valence-corrected chi connectivity index (χ3v) is 4.96. The van der Waals surface area contributed by atoms with Crippen molar-refractivity contribution in [2.45, 2.75) is 26.2 Å². The number of non-ortho nitro benzene ring substituents is 1. The van der Waals surface area contributed by atoms with E-state index in [1.165, 1.54) is 18.3 Å². The van der Waals surface area contributed by atoms with Crippen LogP contribution >= 0.6 is 0 Å². The molecular formula is C22H26N4O4. The number of ether oxygens (including phenoxy) is 1. The van der Waals surface area contributed by atoms with Crippen LogP contribution in [0.4, 0.5) is 11.4 Å². The zero-order valence-corrected chi connectivity index (χ0v) is 17.4. The van der Waals surface area contributed by atoms with Crippen LogP contribution < -0.4 is 10.3 Å². The quantitative estimate of drug-likeness (QED) is 0.462. The maximum absolute atomic E-state index is 12.4. The lowest BCUT2D eigenvalue weighted by atomic mass is 9.87. The molecule has 3 rings (SSSR count). The maximum Gasteiger partial charge on any atom is 0.271 e. The first kappa shape index (κ1) is 21.4. The Morgan fingerprint density at radius 2 is 1.83 bits per heavy atom. The molecule has 158 valence electrons. The molecular weight excluding hydrogens is 384 g/mol. The number of nitrogens with one attached hydrogen (secondary N) is 1. The molecule has 1 heterocycles. The number of hydrogen-bond donors (Lipinski definition) is 1. The van der Waals surface area contributed by atoms with Gasteiger partial charge < -0.3 is 9.64 Å². The number of hydrazone groups is 1. The van der Waals surface area contributed by atoms with Crippen molar-refractivity contribution in [3.8, 4) is 0 Å². The van der Waals surface area contributed by atoms with Crippen molar-refractivity contribution >= 4 is 23.5 Å². The molecule has 1 N–H and O–H groups in total. The van der Waals surface area contributed by atoms with E-state index in [4.69, 9.17) is 4.74 Å². The number of hydrogen-bond acceptors (Lipinski definition) is 6. The molecule has 0 bridgehead atoms. The topological polar surface area (TPSA) is 97.1 Å². The lowest BCUT2D eigenvalue weighted by molar-refractivity contribution is -0.384. The second-order valence-corrected chi connectivity index (χ2v) is 8.13. The lowest BCUT2D eigenvalue weighted by Gasteiger charge is -2.29. The maximum atomic E-state index is 12.4. The predicted octanol–water partition coefficient (Wildman–Crippen LogP) is 3.49. The summed E-state index contributed by atoms with van der Waals surface area (Å²) in [4.78, 5) is 25.2. The first-order valence-electron chi connectivity index (χ1n) is 9.81. The zero-order chi connectivity index (χ0) is 21.7. The summed E-state index contributed by atoms with van der Waals surface area (Å²) in [7, 11) is 0. The first-order valence-corrected chi connectivity index (χ1v) is 9.81. The molecule has 1 aliphatic heterocycles. The van der Waals surface area contributed by atoms with Crippen molar-refractivity contribution in [1.82, 2.24) is 5.43 Å². The van der Waals surface area contributed by atoms with Gasteiger partial charge in [0.05, 0.1) is 24.4 Å². The van der Waals surface area contributed by atoms with Gasteiger partial charge in [-0.25, -0.2) is 5.43 Å². The third kappa shape index (κ3) is 5.21. The minimum atomic E-state index is -0.449.